The Morgan fingerprint density at radius 1 is 1.40 bits per heavy atom. The largest absolute Gasteiger partial charge is 0.375 e. The van der Waals surface area contributed by atoms with E-state index in [4.69, 9.17) is 4.74 Å². The lowest BCUT2D eigenvalue weighted by molar-refractivity contribution is -0.123. The minimum atomic E-state index is 0.365. The van der Waals surface area contributed by atoms with Crippen LogP contribution in [0.1, 0.15) is 32.1 Å². The summed E-state index contributed by atoms with van der Waals surface area (Å²) in [5.41, 5.74) is 0.365. The number of hydrogen-bond acceptors (Lipinski definition) is 1. The molecule has 1 unspecified atom stereocenters. The Bertz CT molecular complexity index is 131. The van der Waals surface area contributed by atoms with Crippen LogP contribution in [0, 0.1) is 0 Å². The lowest BCUT2D eigenvalue weighted by Crippen LogP contribution is -2.45. The van der Waals surface area contributed by atoms with Gasteiger partial charge >= 0.3 is 0 Å². The molecule has 1 atom stereocenters. The summed E-state index contributed by atoms with van der Waals surface area (Å²) >= 11 is 2.56. The summed E-state index contributed by atoms with van der Waals surface area (Å²) < 4.78 is 6.65. The summed E-state index contributed by atoms with van der Waals surface area (Å²) in [5.74, 6) is 0. The third-order valence-corrected chi connectivity index (χ3v) is 3.76. The van der Waals surface area contributed by atoms with Gasteiger partial charge in [0.25, 0.3) is 0 Å². The quantitative estimate of drug-likeness (QED) is 0.475. The van der Waals surface area contributed by atoms with Crippen LogP contribution in [0.3, 0.4) is 0 Å². The van der Waals surface area contributed by atoms with Gasteiger partial charge in [-0.15, -0.1) is 0 Å². The standard InChI is InChI=1S/C8H13IO/c9-7-2-5-10-8(6-7)3-1-4-8/h7H,1-6H2. The molecule has 0 radical (unpaired) electrons. The van der Waals surface area contributed by atoms with Crippen LogP contribution >= 0.6 is 22.6 Å². The van der Waals surface area contributed by atoms with E-state index in [0.717, 1.165) is 10.5 Å². The van der Waals surface area contributed by atoms with Crippen LogP contribution < -0.4 is 0 Å². The Balaban J connectivity index is 1.96. The molecule has 0 amide bonds. The zero-order chi connectivity index (χ0) is 7.03. The van der Waals surface area contributed by atoms with E-state index in [-0.39, 0.29) is 0 Å². The van der Waals surface area contributed by atoms with Gasteiger partial charge in [-0.2, -0.15) is 0 Å². The van der Waals surface area contributed by atoms with Crippen molar-refractivity contribution >= 4 is 22.6 Å². The maximum Gasteiger partial charge on any atom is 0.0692 e. The second kappa shape index (κ2) is 2.63. The highest BCUT2D eigenvalue weighted by molar-refractivity contribution is 14.1. The molecule has 0 aromatic heterocycles. The lowest BCUT2D eigenvalue weighted by atomic mass is 9.75. The van der Waals surface area contributed by atoms with E-state index >= 15 is 0 Å². The Morgan fingerprint density at radius 3 is 2.60 bits per heavy atom. The van der Waals surface area contributed by atoms with Crippen molar-refractivity contribution in [3.05, 3.63) is 0 Å². The average Bonchev–Trinajstić information content (AvgIpc) is 1.85. The SMILES string of the molecule is IC1CCOC2(CCC2)C1. The van der Waals surface area contributed by atoms with Gasteiger partial charge in [-0.25, -0.2) is 0 Å². The number of ether oxygens (including phenoxy) is 1. The molecule has 0 bridgehead atoms. The van der Waals surface area contributed by atoms with Crippen LogP contribution in [-0.2, 0) is 4.74 Å². The van der Waals surface area contributed by atoms with Crippen molar-refractivity contribution in [2.75, 3.05) is 6.61 Å². The van der Waals surface area contributed by atoms with Gasteiger partial charge in [0, 0.05) is 10.5 Å². The fraction of sp³-hybridized carbons (Fsp3) is 1.00. The van der Waals surface area contributed by atoms with E-state index in [9.17, 15) is 0 Å². The van der Waals surface area contributed by atoms with Crippen LogP contribution in [-0.4, -0.2) is 16.1 Å². The first kappa shape index (κ1) is 7.35. The highest BCUT2D eigenvalue weighted by Gasteiger charge is 2.41. The lowest BCUT2D eigenvalue weighted by Gasteiger charge is -2.46. The Kier molecular flexibility index (Phi) is 1.93. The van der Waals surface area contributed by atoms with E-state index in [1.165, 1.54) is 32.1 Å². The average molecular weight is 252 g/mol. The molecule has 1 saturated carbocycles. The van der Waals surface area contributed by atoms with Gasteiger partial charge in [0.05, 0.1) is 5.60 Å². The molecule has 2 aliphatic rings. The monoisotopic (exact) mass is 252 g/mol. The first-order valence-electron chi connectivity index (χ1n) is 4.09. The molecule has 2 fully saturated rings. The highest BCUT2D eigenvalue weighted by Crippen LogP contribution is 2.43. The minimum Gasteiger partial charge on any atom is -0.375 e. The van der Waals surface area contributed by atoms with E-state index < -0.39 is 0 Å². The summed E-state index contributed by atoms with van der Waals surface area (Å²) in [6, 6.07) is 0. The van der Waals surface area contributed by atoms with Crippen LogP contribution in [0.25, 0.3) is 0 Å². The predicted octanol–water partition coefficient (Wildman–Crippen LogP) is 2.52. The van der Waals surface area contributed by atoms with Crippen molar-refractivity contribution in [3.63, 3.8) is 0 Å². The Labute approximate surface area is 75.7 Å². The molecule has 1 nitrogen and oxygen atoms in total. The molecule has 10 heavy (non-hydrogen) atoms. The molecule has 58 valence electrons. The van der Waals surface area contributed by atoms with E-state index in [1.807, 2.05) is 0 Å². The maximum absolute atomic E-state index is 5.77. The second-order valence-corrected chi connectivity index (χ2v) is 5.24. The van der Waals surface area contributed by atoms with E-state index in [1.54, 1.807) is 0 Å². The van der Waals surface area contributed by atoms with Gasteiger partial charge in [-0.05, 0) is 32.1 Å². The molecule has 1 saturated heterocycles. The van der Waals surface area contributed by atoms with E-state index in [2.05, 4.69) is 22.6 Å². The zero-order valence-corrected chi connectivity index (χ0v) is 8.26. The van der Waals surface area contributed by atoms with Gasteiger partial charge in [0.15, 0.2) is 0 Å². The maximum atomic E-state index is 5.77. The number of rotatable bonds is 0. The number of halogens is 1. The van der Waals surface area contributed by atoms with Gasteiger partial charge < -0.3 is 4.74 Å². The predicted molar refractivity (Wildman–Crippen MR) is 49.6 cm³/mol. The van der Waals surface area contributed by atoms with Gasteiger partial charge in [-0.3, -0.25) is 0 Å². The van der Waals surface area contributed by atoms with Crippen LogP contribution in [0.15, 0.2) is 0 Å². The molecule has 1 spiro atoms. The van der Waals surface area contributed by atoms with Crippen molar-refractivity contribution in [2.24, 2.45) is 0 Å². The molecule has 2 heteroatoms. The van der Waals surface area contributed by atoms with Gasteiger partial charge in [0.2, 0.25) is 0 Å². The minimum absolute atomic E-state index is 0.365. The summed E-state index contributed by atoms with van der Waals surface area (Å²) in [5, 5.41) is 0. The first-order valence-corrected chi connectivity index (χ1v) is 5.33. The summed E-state index contributed by atoms with van der Waals surface area (Å²) in [7, 11) is 0. The van der Waals surface area contributed by atoms with Crippen molar-refractivity contribution in [2.45, 2.75) is 41.6 Å². The number of hydrogen-bond donors (Lipinski definition) is 0. The third kappa shape index (κ3) is 1.20. The number of alkyl halides is 1. The normalized spacial score (nSPS) is 37.5. The smallest absolute Gasteiger partial charge is 0.0692 e. The topological polar surface area (TPSA) is 9.23 Å². The summed E-state index contributed by atoms with van der Waals surface area (Å²) in [6.45, 7) is 1.01. The van der Waals surface area contributed by atoms with Crippen LogP contribution in [0.4, 0.5) is 0 Å². The third-order valence-electron chi connectivity index (χ3n) is 2.70. The summed E-state index contributed by atoms with van der Waals surface area (Å²) in [6.07, 6.45) is 6.62. The Morgan fingerprint density at radius 2 is 2.20 bits per heavy atom. The Hall–Kier alpha value is 0.690. The molecule has 2 rings (SSSR count). The fourth-order valence-corrected chi connectivity index (χ4v) is 2.94. The van der Waals surface area contributed by atoms with Crippen molar-refractivity contribution in [1.82, 2.24) is 0 Å². The molecule has 1 aliphatic carbocycles. The molecule has 1 aliphatic heterocycles. The molecule has 0 aromatic rings. The fourth-order valence-electron chi connectivity index (χ4n) is 1.89. The van der Waals surface area contributed by atoms with Crippen molar-refractivity contribution in [1.29, 1.82) is 0 Å². The summed E-state index contributed by atoms with van der Waals surface area (Å²) in [4.78, 5) is 0. The van der Waals surface area contributed by atoms with Crippen LogP contribution in [0.5, 0.6) is 0 Å². The second-order valence-electron chi connectivity index (χ2n) is 3.48. The molecule has 1 heterocycles. The van der Waals surface area contributed by atoms with Crippen molar-refractivity contribution in [3.8, 4) is 0 Å². The molecular weight excluding hydrogens is 239 g/mol. The molecule has 0 N–H and O–H groups in total. The zero-order valence-electron chi connectivity index (χ0n) is 6.11. The van der Waals surface area contributed by atoms with Crippen LogP contribution in [0.2, 0.25) is 0 Å². The molecular formula is C8H13IO. The van der Waals surface area contributed by atoms with Gasteiger partial charge in [0.1, 0.15) is 0 Å². The van der Waals surface area contributed by atoms with E-state index in [0.29, 0.717) is 5.60 Å². The van der Waals surface area contributed by atoms with Gasteiger partial charge in [-0.1, -0.05) is 22.6 Å². The first-order chi connectivity index (χ1) is 4.81. The highest BCUT2D eigenvalue weighted by atomic mass is 127. The molecule has 0 aromatic carbocycles. The van der Waals surface area contributed by atoms with Crippen molar-refractivity contribution < 1.29 is 4.74 Å².